The van der Waals surface area contributed by atoms with Crippen molar-refractivity contribution in [1.29, 1.82) is 0 Å². The second kappa shape index (κ2) is 7.06. The molecule has 5 nitrogen and oxygen atoms in total. The van der Waals surface area contributed by atoms with Crippen molar-refractivity contribution in [2.45, 2.75) is 43.6 Å². The number of alkyl carbamates (subject to hydrolysis) is 1. The molecule has 1 amide bonds. The molecule has 0 bridgehead atoms. The van der Waals surface area contributed by atoms with Crippen LogP contribution in [0.5, 0.6) is 0 Å². The molecule has 2 aliphatic carbocycles. The number of carboxylic acid groups (broad SMARTS) is 1. The van der Waals surface area contributed by atoms with Crippen molar-refractivity contribution in [3.8, 4) is 11.1 Å². The third-order valence-electron chi connectivity index (χ3n) is 5.84. The molecule has 0 heterocycles. The maximum absolute atomic E-state index is 12.4. The van der Waals surface area contributed by atoms with Crippen LogP contribution in [0.15, 0.2) is 48.5 Å². The first-order valence-electron chi connectivity index (χ1n) is 9.43. The van der Waals surface area contributed by atoms with Crippen LogP contribution >= 0.6 is 0 Å². The standard InChI is InChI=1S/C22H23NO4/c24-20(25)10-13-22(11-5-12-22)23-21(26)27-14-19-17-8-3-1-6-15(17)16-7-2-4-9-18(16)19/h1-4,6-9,19H,5,10-14H2,(H,23,26)(H,24,25). The lowest BCUT2D eigenvalue weighted by atomic mass is 9.74. The Balaban J connectivity index is 1.43. The zero-order chi connectivity index (χ0) is 18.9. The van der Waals surface area contributed by atoms with Crippen LogP contribution in [0.3, 0.4) is 0 Å². The Morgan fingerprint density at radius 3 is 2.15 bits per heavy atom. The van der Waals surface area contributed by atoms with E-state index in [1.54, 1.807) is 0 Å². The molecule has 0 aliphatic heterocycles. The van der Waals surface area contributed by atoms with Gasteiger partial charge in [-0.2, -0.15) is 0 Å². The summed E-state index contributed by atoms with van der Waals surface area (Å²) in [6, 6.07) is 16.4. The SMILES string of the molecule is O=C(O)CCC1(NC(=O)OCC2c3ccccc3-c3ccccc32)CCC1. The monoisotopic (exact) mass is 365 g/mol. The van der Waals surface area contributed by atoms with Gasteiger partial charge in [-0.1, -0.05) is 48.5 Å². The minimum absolute atomic E-state index is 0.0273. The van der Waals surface area contributed by atoms with E-state index in [2.05, 4.69) is 29.6 Å². The molecule has 0 spiro atoms. The zero-order valence-corrected chi connectivity index (χ0v) is 15.1. The van der Waals surface area contributed by atoms with Crippen LogP contribution in [0.25, 0.3) is 11.1 Å². The Labute approximate surface area is 158 Å². The number of benzene rings is 2. The summed E-state index contributed by atoms with van der Waals surface area (Å²) in [7, 11) is 0. The summed E-state index contributed by atoms with van der Waals surface area (Å²) >= 11 is 0. The second-order valence-electron chi connectivity index (χ2n) is 7.48. The normalized spacial score (nSPS) is 16.7. The minimum atomic E-state index is -0.837. The predicted octanol–water partition coefficient (Wildman–Crippen LogP) is 4.31. The quantitative estimate of drug-likeness (QED) is 0.800. The molecule has 2 aromatic rings. The highest BCUT2D eigenvalue weighted by Crippen LogP contribution is 2.44. The fourth-order valence-corrected chi connectivity index (χ4v) is 4.24. The molecule has 140 valence electrons. The van der Waals surface area contributed by atoms with Crippen LogP contribution in [-0.4, -0.2) is 29.3 Å². The molecule has 1 fully saturated rings. The minimum Gasteiger partial charge on any atom is -0.481 e. The van der Waals surface area contributed by atoms with Gasteiger partial charge in [-0.25, -0.2) is 4.79 Å². The number of ether oxygens (including phenoxy) is 1. The van der Waals surface area contributed by atoms with E-state index >= 15 is 0 Å². The highest BCUT2D eigenvalue weighted by atomic mass is 16.5. The predicted molar refractivity (Wildman–Crippen MR) is 102 cm³/mol. The maximum Gasteiger partial charge on any atom is 0.407 e. The van der Waals surface area contributed by atoms with E-state index in [9.17, 15) is 9.59 Å². The molecule has 2 aromatic carbocycles. The average molecular weight is 365 g/mol. The third-order valence-corrected chi connectivity index (χ3v) is 5.84. The van der Waals surface area contributed by atoms with Crippen LogP contribution in [-0.2, 0) is 9.53 Å². The third kappa shape index (κ3) is 3.42. The van der Waals surface area contributed by atoms with Gasteiger partial charge in [-0.3, -0.25) is 4.79 Å². The first kappa shape index (κ1) is 17.6. The number of carbonyl (C=O) groups excluding carboxylic acids is 1. The molecule has 0 unspecified atom stereocenters. The van der Waals surface area contributed by atoms with E-state index in [1.807, 2.05) is 24.3 Å². The first-order valence-corrected chi connectivity index (χ1v) is 9.43. The van der Waals surface area contributed by atoms with Crippen molar-refractivity contribution in [2.75, 3.05) is 6.61 Å². The fraction of sp³-hybridized carbons (Fsp3) is 0.364. The molecule has 0 atom stereocenters. The summed E-state index contributed by atoms with van der Waals surface area (Å²) in [6.45, 7) is 0.273. The Morgan fingerprint density at radius 2 is 1.63 bits per heavy atom. The second-order valence-corrected chi connectivity index (χ2v) is 7.48. The van der Waals surface area contributed by atoms with E-state index in [1.165, 1.54) is 22.3 Å². The number of aliphatic carboxylic acids is 1. The molecule has 5 heteroatoms. The number of nitrogens with one attached hydrogen (secondary N) is 1. The van der Waals surface area contributed by atoms with Crippen molar-refractivity contribution >= 4 is 12.1 Å². The van der Waals surface area contributed by atoms with Crippen molar-refractivity contribution in [1.82, 2.24) is 5.32 Å². The van der Waals surface area contributed by atoms with Crippen molar-refractivity contribution < 1.29 is 19.4 Å². The molecule has 0 radical (unpaired) electrons. The number of hydrogen-bond donors (Lipinski definition) is 2. The molecule has 27 heavy (non-hydrogen) atoms. The van der Waals surface area contributed by atoms with Crippen LogP contribution in [0, 0.1) is 0 Å². The lowest BCUT2D eigenvalue weighted by Crippen LogP contribution is -2.53. The van der Waals surface area contributed by atoms with Gasteiger partial charge in [0.15, 0.2) is 0 Å². The zero-order valence-electron chi connectivity index (χ0n) is 15.1. The summed E-state index contributed by atoms with van der Waals surface area (Å²) in [4.78, 5) is 23.3. The molecule has 1 saturated carbocycles. The highest BCUT2D eigenvalue weighted by molar-refractivity contribution is 5.79. The Hall–Kier alpha value is -2.82. The first-order chi connectivity index (χ1) is 13.1. The number of hydrogen-bond acceptors (Lipinski definition) is 3. The molecule has 0 saturated heterocycles. The molecular weight excluding hydrogens is 342 g/mol. The molecular formula is C22H23NO4. The van der Waals surface area contributed by atoms with Gasteiger partial charge in [0.05, 0.1) is 0 Å². The summed E-state index contributed by atoms with van der Waals surface area (Å²) in [6.07, 6.45) is 2.68. The smallest absolute Gasteiger partial charge is 0.407 e. The van der Waals surface area contributed by atoms with Crippen LogP contribution in [0.4, 0.5) is 4.79 Å². The average Bonchev–Trinajstić information content (AvgIpc) is 2.96. The number of carboxylic acids is 1. The summed E-state index contributed by atoms with van der Waals surface area (Å²) in [5.74, 6) is -0.810. The lowest BCUT2D eigenvalue weighted by molar-refractivity contribution is -0.137. The molecule has 0 aromatic heterocycles. The van der Waals surface area contributed by atoms with Gasteiger partial charge in [-0.05, 0) is 47.9 Å². The summed E-state index contributed by atoms with van der Waals surface area (Å²) in [5, 5.41) is 11.9. The highest BCUT2D eigenvalue weighted by Gasteiger charge is 2.39. The number of amides is 1. The van der Waals surface area contributed by atoms with Gasteiger partial charge in [0, 0.05) is 17.9 Å². The maximum atomic E-state index is 12.4. The Kier molecular flexibility index (Phi) is 4.60. The molecule has 4 rings (SSSR count). The van der Waals surface area contributed by atoms with Gasteiger partial charge >= 0.3 is 12.1 Å². The number of fused-ring (bicyclic) bond motifs is 3. The van der Waals surface area contributed by atoms with Crippen LogP contribution in [0.1, 0.15) is 49.1 Å². The van der Waals surface area contributed by atoms with Gasteiger partial charge in [0.1, 0.15) is 6.61 Å². The fourth-order valence-electron chi connectivity index (χ4n) is 4.24. The van der Waals surface area contributed by atoms with Gasteiger partial charge in [0.25, 0.3) is 0 Å². The Bertz CT molecular complexity index is 827. The van der Waals surface area contributed by atoms with Crippen LogP contribution in [0.2, 0.25) is 0 Å². The van der Waals surface area contributed by atoms with Gasteiger partial charge < -0.3 is 15.2 Å². The van der Waals surface area contributed by atoms with Crippen molar-refractivity contribution in [3.63, 3.8) is 0 Å². The lowest BCUT2D eigenvalue weighted by Gasteiger charge is -2.42. The molecule has 2 N–H and O–H groups in total. The van der Waals surface area contributed by atoms with Gasteiger partial charge in [0.2, 0.25) is 0 Å². The van der Waals surface area contributed by atoms with E-state index in [0.29, 0.717) is 6.42 Å². The van der Waals surface area contributed by atoms with E-state index in [-0.39, 0.29) is 18.9 Å². The van der Waals surface area contributed by atoms with Gasteiger partial charge in [-0.15, -0.1) is 0 Å². The van der Waals surface area contributed by atoms with E-state index < -0.39 is 17.6 Å². The van der Waals surface area contributed by atoms with Crippen molar-refractivity contribution in [2.24, 2.45) is 0 Å². The molecule has 2 aliphatic rings. The van der Waals surface area contributed by atoms with E-state index in [4.69, 9.17) is 9.84 Å². The largest absolute Gasteiger partial charge is 0.481 e. The van der Waals surface area contributed by atoms with E-state index in [0.717, 1.165) is 19.3 Å². The Morgan fingerprint density at radius 1 is 1.04 bits per heavy atom. The number of rotatable bonds is 6. The summed E-state index contributed by atoms with van der Waals surface area (Å²) < 4.78 is 5.58. The number of carbonyl (C=O) groups is 2. The van der Waals surface area contributed by atoms with Crippen LogP contribution < -0.4 is 5.32 Å². The summed E-state index contributed by atoms with van der Waals surface area (Å²) in [5.41, 5.74) is 4.32. The van der Waals surface area contributed by atoms with Crippen molar-refractivity contribution in [3.05, 3.63) is 59.7 Å². The topological polar surface area (TPSA) is 75.6 Å².